The van der Waals surface area contributed by atoms with Crippen LogP contribution in [0.2, 0.25) is 0 Å². The fourth-order valence-electron chi connectivity index (χ4n) is 1.27. The van der Waals surface area contributed by atoms with Crippen LogP contribution >= 0.6 is 15.9 Å². The van der Waals surface area contributed by atoms with Crippen LogP contribution in [0.1, 0.15) is 20.8 Å². The first-order valence-electron chi connectivity index (χ1n) is 5.68. The van der Waals surface area contributed by atoms with E-state index in [1.165, 1.54) is 18.3 Å². The average molecular weight is 355 g/mol. The predicted octanol–water partition coefficient (Wildman–Crippen LogP) is 4.15. The molecule has 0 fully saturated rings. The van der Waals surface area contributed by atoms with E-state index in [1.807, 2.05) is 0 Å². The molecule has 0 aliphatic carbocycles. The van der Waals surface area contributed by atoms with Crippen LogP contribution in [0.4, 0.5) is 23.8 Å². The summed E-state index contributed by atoms with van der Waals surface area (Å²) in [5.41, 5.74) is -0.941. The maximum absolute atomic E-state index is 13.7. The third kappa shape index (κ3) is 4.66. The summed E-state index contributed by atoms with van der Waals surface area (Å²) < 4.78 is 44.2. The van der Waals surface area contributed by atoms with Crippen molar-refractivity contribution in [3.8, 4) is 0 Å². The number of hydrogen-bond donors (Lipinski definition) is 0. The molecule has 8 heteroatoms. The molecule has 4 nitrogen and oxygen atoms in total. The Bertz CT molecular complexity index is 480. The summed E-state index contributed by atoms with van der Waals surface area (Å²) >= 11 is 3.10. The van der Waals surface area contributed by atoms with Gasteiger partial charge in [-0.05, 0) is 32.9 Å². The van der Waals surface area contributed by atoms with Gasteiger partial charge >= 0.3 is 6.09 Å². The summed E-state index contributed by atoms with van der Waals surface area (Å²) in [7, 11) is 0. The van der Waals surface area contributed by atoms with E-state index in [1.54, 1.807) is 20.8 Å². The van der Waals surface area contributed by atoms with Crippen molar-refractivity contribution in [1.82, 2.24) is 4.98 Å². The highest BCUT2D eigenvalue weighted by atomic mass is 79.9. The standard InChI is InChI=1S/C12H14BrF3N2O2/c1-12(2,3)20-11(19)18(10(16)9(14)15)8-6-7(13)4-5-17-8/h4-6,9-10H,1-3H3. The van der Waals surface area contributed by atoms with Crippen molar-refractivity contribution in [2.75, 3.05) is 4.90 Å². The zero-order chi connectivity index (χ0) is 15.5. The number of carbonyl (C=O) groups is 1. The molecule has 0 saturated carbocycles. The molecule has 0 saturated heterocycles. The molecule has 20 heavy (non-hydrogen) atoms. The lowest BCUT2D eigenvalue weighted by atomic mass is 10.2. The third-order valence-corrected chi connectivity index (χ3v) is 2.49. The number of alkyl halides is 3. The van der Waals surface area contributed by atoms with Gasteiger partial charge in [0.25, 0.3) is 6.43 Å². The maximum Gasteiger partial charge on any atom is 0.418 e. The first kappa shape index (κ1) is 16.7. The van der Waals surface area contributed by atoms with Crippen LogP contribution in [0.5, 0.6) is 0 Å². The Morgan fingerprint density at radius 1 is 1.40 bits per heavy atom. The molecule has 0 N–H and O–H groups in total. The lowest BCUT2D eigenvalue weighted by Gasteiger charge is -2.28. The van der Waals surface area contributed by atoms with Crippen LogP contribution < -0.4 is 4.90 Å². The minimum absolute atomic E-state index is 0.195. The molecule has 0 aliphatic heterocycles. The Hall–Kier alpha value is -1.31. The molecule has 1 heterocycles. The average Bonchev–Trinajstić information content (AvgIpc) is 2.26. The van der Waals surface area contributed by atoms with Gasteiger partial charge in [0, 0.05) is 10.7 Å². The smallest absolute Gasteiger partial charge is 0.418 e. The number of nitrogens with zero attached hydrogens (tertiary/aromatic N) is 2. The molecule has 1 atom stereocenters. The van der Waals surface area contributed by atoms with E-state index in [9.17, 15) is 18.0 Å². The fraction of sp³-hybridized carbons (Fsp3) is 0.500. The number of carbonyl (C=O) groups excluding carboxylic acids is 1. The van der Waals surface area contributed by atoms with Crippen LogP contribution in [-0.4, -0.2) is 29.4 Å². The van der Waals surface area contributed by atoms with Gasteiger partial charge in [-0.1, -0.05) is 15.9 Å². The number of hydrogen-bond acceptors (Lipinski definition) is 3. The zero-order valence-corrected chi connectivity index (χ0v) is 12.7. The Morgan fingerprint density at radius 2 is 2.00 bits per heavy atom. The molecule has 1 aromatic rings. The number of amides is 1. The Kier molecular flexibility index (Phi) is 5.38. The summed E-state index contributed by atoms with van der Waals surface area (Å²) in [4.78, 5) is 15.8. The van der Waals surface area contributed by atoms with Gasteiger partial charge in [-0.25, -0.2) is 27.8 Å². The largest absolute Gasteiger partial charge is 0.443 e. The fourth-order valence-corrected chi connectivity index (χ4v) is 1.59. The summed E-state index contributed by atoms with van der Waals surface area (Å²) in [6, 6.07) is 2.77. The quantitative estimate of drug-likeness (QED) is 0.766. The Morgan fingerprint density at radius 3 is 2.45 bits per heavy atom. The molecular weight excluding hydrogens is 341 g/mol. The minimum Gasteiger partial charge on any atom is -0.443 e. The van der Waals surface area contributed by atoms with Crippen LogP contribution in [0.15, 0.2) is 22.8 Å². The van der Waals surface area contributed by atoms with E-state index in [-0.39, 0.29) is 10.7 Å². The van der Waals surface area contributed by atoms with Crippen molar-refractivity contribution >= 4 is 27.8 Å². The van der Waals surface area contributed by atoms with Gasteiger partial charge in [0.2, 0.25) is 6.30 Å². The van der Waals surface area contributed by atoms with E-state index in [2.05, 4.69) is 20.9 Å². The van der Waals surface area contributed by atoms with Crippen LogP contribution in [0, 0.1) is 0 Å². The molecular formula is C12H14BrF3N2O2. The van der Waals surface area contributed by atoms with Crippen LogP contribution in [-0.2, 0) is 4.74 Å². The number of aromatic nitrogens is 1. The molecule has 0 spiro atoms. The topological polar surface area (TPSA) is 42.4 Å². The molecule has 1 unspecified atom stereocenters. The summed E-state index contributed by atoms with van der Waals surface area (Å²) in [5, 5.41) is 0. The van der Waals surface area contributed by atoms with Crippen molar-refractivity contribution in [3.63, 3.8) is 0 Å². The monoisotopic (exact) mass is 354 g/mol. The Balaban J connectivity index is 3.12. The van der Waals surface area contributed by atoms with Gasteiger partial charge in [-0.3, -0.25) is 0 Å². The number of halogens is 4. The number of rotatable bonds is 3. The van der Waals surface area contributed by atoms with E-state index in [0.29, 0.717) is 4.47 Å². The first-order valence-corrected chi connectivity index (χ1v) is 6.47. The lowest BCUT2D eigenvalue weighted by molar-refractivity contribution is 0.0240. The minimum atomic E-state index is -3.37. The normalized spacial score (nSPS) is 13.2. The van der Waals surface area contributed by atoms with E-state index in [4.69, 9.17) is 4.74 Å². The second-order valence-electron chi connectivity index (χ2n) is 4.89. The van der Waals surface area contributed by atoms with Crippen molar-refractivity contribution < 1.29 is 22.7 Å². The molecule has 0 aliphatic rings. The molecule has 1 amide bonds. The van der Waals surface area contributed by atoms with Gasteiger partial charge in [0.1, 0.15) is 11.4 Å². The van der Waals surface area contributed by atoms with E-state index < -0.39 is 24.4 Å². The summed E-state index contributed by atoms with van der Waals surface area (Å²) in [6.07, 6.45) is -6.18. The summed E-state index contributed by atoms with van der Waals surface area (Å²) in [5.74, 6) is -0.263. The zero-order valence-electron chi connectivity index (χ0n) is 11.1. The van der Waals surface area contributed by atoms with Crippen molar-refractivity contribution in [2.24, 2.45) is 0 Å². The second-order valence-corrected chi connectivity index (χ2v) is 5.81. The van der Waals surface area contributed by atoms with Crippen molar-refractivity contribution in [2.45, 2.75) is 39.1 Å². The van der Waals surface area contributed by atoms with Gasteiger partial charge in [-0.15, -0.1) is 0 Å². The molecule has 112 valence electrons. The molecule has 0 radical (unpaired) electrons. The number of pyridine rings is 1. The first-order chi connectivity index (χ1) is 9.11. The molecule has 0 bridgehead atoms. The molecule has 0 aromatic carbocycles. The SMILES string of the molecule is CC(C)(C)OC(=O)N(c1cc(Br)ccn1)C(F)C(F)F. The third-order valence-electron chi connectivity index (χ3n) is 2.00. The van der Waals surface area contributed by atoms with Gasteiger partial charge < -0.3 is 4.74 Å². The number of ether oxygens (including phenoxy) is 1. The van der Waals surface area contributed by atoms with Crippen molar-refractivity contribution in [3.05, 3.63) is 22.8 Å². The predicted molar refractivity (Wildman–Crippen MR) is 71.6 cm³/mol. The second kappa shape index (κ2) is 6.43. The summed E-state index contributed by atoms with van der Waals surface area (Å²) in [6.45, 7) is 4.65. The molecule has 1 aromatic heterocycles. The Labute approximate surface area is 123 Å². The van der Waals surface area contributed by atoms with Gasteiger partial charge in [0.15, 0.2) is 0 Å². The van der Waals surface area contributed by atoms with E-state index in [0.717, 1.165) is 0 Å². The maximum atomic E-state index is 13.7. The highest BCUT2D eigenvalue weighted by Gasteiger charge is 2.36. The highest BCUT2D eigenvalue weighted by molar-refractivity contribution is 9.10. The van der Waals surface area contributed by atoms with Crippen LogP contribution in [0.3, 0.4) is 0 Å². The number of anilines is 1. The van der Waals surface area contributed by atoms with Crippen LogP contribution in [0.25, 0.3) is 0 Å². The molecule has 1 rings (SSSR count). The van der Waals surface area contributed by atoms with E-state index >= 15 is 0 Å². The van der Waals surface area contributed by atoms with Gasteiger partial charge in [0.05, 0.1) is 0 Å². The van der Waals surface area contributed by atoms with Crippen molar-refractivity contribution in [1.29, 1.82) is 0 Å². The highest BCUT2D eigenvalue weighted by Crippen LogP contribution is 2.24. The lowest BCUT2D eigenvalue weighted by Crippen LogP contribution is -2.45. The van der Waals surface area contributed by atoms with Gasteiger partial charge in [-0.2, -0.15) is 0 Å².